The Labute approximate surface area is 124 Å². The summed E-state index contributed by atoms with van der Waals surface area (Å²) in [5.41, 5.74) is 2.60. The molecule has 0 atom stereocenters. The number of benzene rings is 1. The summed E-state index contributed by atoms with van der Waals surface area (Å²) >= 11 is 0. The van der Waals surface area contributed by atoms with E-state index in [1.54, 1.807) is 0 Å². The van der Waals surface area contributed by atoms with Crippen LogP contribution in [0.1, 0.15) is 19.4 Å². The van der Waals surface area contributed by atoms with Crippen LogP contribution < -0.4 is 4.90 Å². The Kier molecular flexibility index (Phi) is 7.03. The van der Waals surface area contributed by atoms with Crippen molar-refractivity contribution in [3.8, 4) is 0 Å². The summed E-state index contributed by atoms with van der Waals surface area (Å²) in [6, 6.07) is 8.67. The smallest absolute Gasteiger partial charge is 0.102 e. The number of hydrogen-bond acceptors (Lipinski definition) is 2. The molecule has 20 heavy (non-hydrogen) atoms. The molecule has 0 aliphatic carbocycles. The molecule has 0 aromatic heterocycles. The first-order valence-corrected chi connectivity index (χ1v) is 7.70. The highest BCUT2D eigenvalue weighted by Crippen LogP contribution is 2.15. The molecule has 3 heteroatoms. The third-order valence-corrected chi connectivity index (χ3v) is 3.95. The third kappa shape index (κ3) is 5.93. The van der Waals surface area contributed by atoms with Crippen LogP contribution in [0.25, 0.3) is 0 Å². The van der Waals surface area contributed by atoms with Gasteiger partial charge in [0.2, 0.25) is 0 Å². The van der Waals surface area contributed by atoms with Crippen molar-refractivity contribution in [2.75, 3.05) is 58.4 Å². The summed E-state index contributed by atoms with van der Waals surface area (Å²) in [6.45, 7) is 12.4. The number of quaternary nitrogens is 1. The van der Waals surface area contributed by atoms with Crippen molar-refractivity contribution in [1.29, 1.82) is 0 Å². The van der Waals surface area contributed by atoms with Crippen LogP contribution in [0.2, 0.25) is 0 Å². The molecule has 0 N–H and O–H groups in total. The Hall–Kier alpha value is -1.06. The van der Waals surface area contributed by atoms with E-state index in [1.165, 1.54) is 11.3 Å². The number of anilines is 1. The summed E-state index contributed by atoms with van der Waals surface area (Å²) in [5.74, 6) is 0. The fourth-order valence-electron chi connectivity index (χ4n) is 2.04. The first-order chi connectivity index (χ1) is 9.48. The molecule has 0 fully saturated rings. The predicted molar refractivity (Wildman–Crippen MR) is 87.4 cm³/mol. The Morgan fingerprint density at radius 1 is 1.15 bits per heavy atom. The van der Waals surface area contributed by atoms with Crippen LogP contribution in [0, 0.1) is 6.92 Å². The third-order valence-electron chi connectivity index (χ3n) is 3.95. The average molecular weight is 279 g/mol. The maximum Gasteiger partial charge on any atom is 0.102 e. The average Bonchev–Trinajstić information content (AvgIpc) is 2.43. The van der Waals surface area contributed by atoms with Crippen LogP contribution in [0.15, 0.2) is 24.3 Å². The topological polar surface area (TPSA) is 12.5 Å². The minimum absolute atomic E-state index is 0.797. The van der Waals surface area contributed by atoms with Gasteiger partial charge in [-0.1, -0.05) is 12.1 Å². The van der Waals surface area contributed by atoms with Gasteiger partial charge in [-0.2, -0.15) is 0 Å². The Balaban J connectivity index is 2.32. The summed E-state index contributed by atoms with van der Waals surface area (Å²) in [4.78, 5) is 2.37. The molecule has 0 aliphatic rings. The summed E-state index contributed by atoms with van der Waals surface area (Å²) in [6.07, 6.45) is 0. The minimum atomic E-state index is 0.797. The quantitative estimate of drug-likeness (QED) is 0.509. The molecule has 0 amide bonds. The van der Waals surface area contributed by atoms with Crippen LogP contribution in [0.4, 0.5) is 5.69 Å². The molecule has 0 saturated carbocycles. The largest absolute Gasteiger partial charge is 0.374 e. The minimum Gasteiger partial charge on any atom is -0.374 e. The van der Waals surface area contributed by atoms with E-state index in [0.29, 0.717) is 0 Å². The van der Waals surface area contributed by atoms with Gasteiger partial charge in [0.15, 0.2) is 0 Å². The molecule has 1 rings (SSSR count). The highest BCUT2D eigenvalue weighted by Gasteiger charge is 2.11. The fourth-order valence-corrected chi connectivity index (χ4v) is 2.04. The maximum atomic E-state index is 5.80. The summed E-state index contributed by atoms with van der Waals surface area (Å²) in [7, 11) is 4.49. The van der Waals surface area contributed by atoms with E-state index in [1.807, 2.05) is 0 Å². The number of aryl methyl sites for hydroxylation is 1. The lowest BCUT2D eigenvalue weighted by Gasteiger charge is -2.28. The second kappa shape index (κ2) is 8.28. The molecule has 0 saturated heterocycles. The second-order valence-corrected chi connectivity index (χ2v) is 6.01. The van der Waals surface area contributed by atoms with Gasteiger partial charge in [-0.25, -0.2) is 0 Å². The standard InChI is InChI=1S/C17H31N2O/c1-6-18(17-10-8-9-16(3)15-17)11-13-20-14-12-19(4,5)7-2/h8-10,15H,6-7,11-14H2,1-5H3/q+1. The molecule has 0 aliphatic heterocycles. The SMILES string of the molecule is CCN(CCOCC[N+](C)(C)CC)c1cccc(C)c1. The molecule has 114 valence electrons. The zero-order valence-corrected chi connectivity index (χ0v) is 13.9. The zero-order valence-electron chi connectivity index (χ0n) is 13.9. The van der Waals surface area contributed by atoms with Gasteiger partial charge in [0, 0.05) is 18.8 Å². The van der Waals surface area contributed by atoms with Gasteiger partial charge in [0.05, 0.1) is 33.9 Å². The van der Waals surface area contributed by atoms with E-state index in [0.717, 1.165) is 43.9 Å². The first-order valence-electron chi connectivity index (χ1n) is 7.70. The molecule has 3 nitrogen and oxygen atoms in total. The summed E-state index contributed by atoms with van der Waals surface area (Å²) < 4.78 is 6.82. The van der Waals surface area contributed by atoms with Crippen molar-refractivity contribution in [2.45, 2.75) is 20.8 Å². The zero-order chi connectivity index (χ0) is 15.0. The number of likely N-dealkylation sites (N-methyl/N-ethyl adjacent to an activating group) is 2. The van der Waals surface area contributed by atoms with Gasteiger partial charge in [0.1, 0.15) is 6.54 Å². The molecule has 0 heterocycles. The van der Waals surface area contributed by atoms with Crippen molar-refractivity contribution >= 4 is 5.69 Å². The Morgan fingerprint density at radius 3 is 2.50 bits per heavy atom. The highest BCUT2D eigenvalue weighted by molar-refractivity contribution is 5.48. The van der Waals surface area contributed by atoms with Crippen LogP contribution >= 0.6 is 0 Å². The lowest BCUT2D eigenvalue weighted by atomic mass is 10.2. The van der Waals surface area contributed by atoms with E-state index < -0.39 is 0 Å². The van der Waals surface area contributed by atoms with Gasteiger partial charge >= 0.3 is 0 Å². The van der Waals surface area contributed by atoms with Crippen LogP contribution in [-0.4, -0.2) is 58.0 Å². The van der Waals surface area contributed by atoms with E-state index >= 15 is 0 Å². The molecule has 0 spiro atoms. The van der Waals surface area contributed by atoms with Crippen LogP contribution in [-0.2, 0) is 4.74 Å². The van der Waals surface area contributed by atoms with Gasteiger partial charge in [0.25, 0.3) is 0 Å². The van der Waals surface area contributed by atoms with E-state index in [4.69, 9.17) is 4.74 Å². The van der Waals surface area contributed by atoms with Crippen molar-refractivity contribution in [3.05, 3.63) is 29.8 Å². The molecule has 0 radical (unpaired) electrons. The van der Waals surface area contributed by atoms with Gasteiger partial charge in [-0.05, 0) is 38.5 Å². The molecular formula is C17H31N2O+. The second-order valence-electron chi connectivity index (χ2n) is 6.01. The van der Waals surface area contributed by atoms with Crippen LogP contribution in [0.3, 0.4) is 0 Å². The van der Waals surface area contributed by atoms with Crippen molar-refractivity contribution in [1.82, 2.24) is 0 Å². The van der Waals surface area contributed by atoms with Crippen LogP contribution in [0.5, 0.6) is 0 Å². The number of hydrogen-bond donors (Lipinski definition) is 0. The fraction of sp³-hybridized carbons (Fsp3) is 0.647. The number of ether oxygens (including phenoxy) is 1. The number of nitrogens with zero attached hydrogens (tertiary/aromatic N) is 2. The normalized spacial score (nSPS) is 11.7. The molecule has 0 bridgehead atoms. The maximum absolute atomic E-state index is 5.80. The Morgan fingerprint density at radius 2 is 1.90 bits per heavy atom. The molecule has 1 aromatic carbocycles. The van der Waals surface area contributed by atoms with Gasteiger partial charge in [-0.15, -0.1) is 0 Å². The molecule has 1 aromatic rings. The van der Waals surface area contributed by atoms with E-state index in [-0.39, 0.29) is 0 Å². The first kappa shape index (κ1) is 17.0. The summed E-state index contributed by atoms with van der Waals surface area (Å²) in [5, 5.41) is 0. The van der Waals surface area contributed by atoms with Gasteiger partial charge < -0.3 is 14.1 Å². The lowest BCUT2D eigenvalue weighted by Crippen LogP contribution is -2.42. The Bertz CT molecular complexity index is 390. The monoisotopic (exact) mass is 279 g/mol. The number of rotatable bonds is 9. The van der Waals surface area contributed by atoms with Crippen molar-refractivity contribution in [3.63, 3.8) is 0 Å². The van der Waals surface area contributed by atoms with E-state index in [2.05, 4.69) is 64.0 Å². The van der Waals surface area contributed by atoms with Crippen molar-refractivity contribution < 1.29 is 9.22 Å². The van der Waals surface area contributed by atoms with Crippen molar-refractivity contribution in [2.24, 2.45) is 0 Å². The lowest BCUT2D eigenvalue weighted by molar-refractivity contribution is -0.888. The molecular weight excluding hydrogens is 248 g/mol. The van der Waals surface area contributed by atoms with Gasteiger partial charge in [-0.3, -0.25) is 0 Å². The molecule has 0 unspecified atom stereocenters. The highest BCUT2D eigenvalue weighted by atomic mass is 16.5. The van der Waals surface area contributed by atoms with E-state index in [9.17, 15) is 0 Å². The predicted octanol–water partition coefficient (Wildman–Crippen LogP) is 2.93.